The summed E-state index contributed by atoms with van der Waals surface area (Å²) in [5, 5.41) is 12.4. The number of nitrogens with one attached hydrogen (secondary N) is 1. The summed E-state index contributed by atoms with van der Waals surface area (Å²) in [5.74, 6) is -0.407. The molecule has 1 N–H and O–H groups in total. The van der Waals surface area contributed by atoms with Crippen molar-refractivity contribution >= 4 is 17.7 Å². The van der Waals surface area contributed by atoms with E-state index in [0.717, 1.165) is 5.56 Å². The minimum absolute atomic E-state index is 0.139. The summed E-state index contributed by atoms with van der Waals surface area (Å²) in [5.41, 5.74) is 2.03. The fraction of sp³-hybridized carbons (Fsp3) is 0.286. The first-order valence-corrected chi connectivity index (χ1v) is 13.4. The van der Waals surface area contributed by atoms with Gasteiger partial charge in [0.05, 0.1) is 37.8 Å². The fourth-order valence-electron chi connectivity index (χ4n) is 4.84. The number of benzene rings is 2. The van der Waals surface area contributed by atoms with Crippen molar-refractivity contribution < 1.29 is 33.3 Å². The lowest BCUT2D eigenvalue weighted by Gasteiger charge is -2.20. The van der Waals surface area contributed by atoms with Crippen LogP contribution in [0, 0.1) is 15.9 Å². The third kappa shape index (κ3) is 5.53. The average Bonchev–Trinajstić information content (AvgIpc) is 3.19. The number of hydrogen-bond donors (Lipinski definition) is 1. The predicted molar refractivity (Wildman–Crippen MR) is 146 cm³/mol. The van der Waals surface area contributed by atoms with Crippen molar-refractivity contribution in [1.29, 1.82) is 0 Å². The third-order valence-corrected chi connectivity index (χ3v) is 7.45. The number of hydrogen-bond acceptors (Lipinski definition) is 9. The molecular formula is C28H27FN2O8S. The standard InChI is InChI=1S/C28H27FN2O8S/c1-36-22-12-15-8-10-20(30-28(33)18-7-5-6-16(25(18)29)14-39-31(34)35)19-13-21(32)23(40-4)11-9-17(19)24(15)27(38-3)26(22)37-2/h5-7,9,11-13,20H,8,10,14H2,1-4H3,(H,30,33)/t20-/m0/s1. The van der Waals surface area contributed by atoms with Crippen molar-refractivity contribution in [3.63, 3.8) is 0 Å². The van der Waals surface area contributed by atoms with Crippen LogP contribution in [0.25, 0.3) is 11.1 Å². The van der Waals surface area contributed by atoms with E-state index in [0.29, 0.717) is 51.7 Å². The summed E-state index contributed by atoms with van der Waals surface area (Å²) < 4.78 is 32.1. The van der Waals surface area contributed by atoms with Gasteiger partial charge in [0.15, 0.2) is 16.9 Å². The van der Waals surface area contributed by atoms with Crippen molar-refractivity contribution in [3.05, 3.63) is 90.9 Å². The van der Waals surface area contributed by atoms with Gasteiger partial charge in [-0.2, -0.15) is 0 Å². The van der Waals surface area contributed by atoms with E-state index in [1.165, 1.54) is 57.4 Å². The van der Waals surface area contributed by atoms with Gasteiger partial charge < -0.3 is 24.4 Å². The molecule has 0 aromatic heterocycles. The van der Waals surface area contributed by atoms with Crippen LogP contribution in [0.5, 0.6) is 17.2 Å². The van der Waals surface area contributed by atoms with E-state index in [1.807, 2.05) is 6.07 Å². The molecule has 40 heavy (non-hydrogen) atoms. The van der Waals surface area contributed by atoms with E-state index in [1.54, 1.807) is 18.4 Å². The van der Waals surface area contributed by atoms with Crippen molar-refractivity contribution in [2.24, 2.45) is 0 Å². The number of thioether (sulfide) groups is 1. The second kappa shape index (κ2) is 12.2. The molecule has 0 unspecified atom stereocenters. The molecule has 0 fully saturated rings. The molecule has 4 rings (SSSR count). The molecule has 0 saturated heterocycles. The topological polar surface area (TPSA) is 126 Å². The van der Waals surface area contributed by atoms with Crippen molar-refractivity contribution in [2.75, 3.05) is 27.6 Å². The highest BCUT2D eigenvalue weighted by molar-refractivity contribution is 7.98. The lowest BCUT2D eigenvalue weighted by Crippen LogP contribution is -2.30. The molecule has 0 spiro atoms. The van der Waals surface area contributed by atoms with Crippen LogP contribution in [-0.2, 0) is 17.9 Å². The Morgan fingerprint density at radius 2 is 1.88 bits per heavy atom. The normalized spacial score (nSPS) is 13.8. The minimum atomic E-state index is -1.03. The number of carbonyl (C=O) groups is 1. The molecule has 210 valence electrons. The van der Waals surface area contributed by atoms with Gasteiger partial charge in [-0.25, -0.2) is 4.39 Å². The first kappa shape index (κ1) is 28.7. The summed E-state index contributed by atoms with van der Waals surface area (Å²) in [6, 6.07) is 10.1. The Labute approximate surface area is 233 Å². The van der Waals surface area contributed by atoms with E-state index in [-0.39, 0.29) is 16.6 Å². The Morgan fingerprint density at radius 3 is 2.52 bits per heavy atom. The highest BCUT2D eigenvalue weighted by Gasteiger charge is 2.30. The third-order valence-electron chi connectivity index (χ3n) is 6.67. The molecule has 0 heterocycles. The Hall–Kier alpha value is -4.32. The van der Waals surface area contributed by atoms with Gasteiger partial charge in [-0.3, -0.25) is 9.59 Å². The van der Waals surface area contributed by atoms with Crippen molar-refractivity contribution in [2.45, 2.75) is 30.4 Å². The molecule has 0 radical (unpaired) electrons. The Morgan fingerprint density at radius 1 is 1.12 bits per heavy atom. The maximum absolute atomic E-state index is 15.1. The van der Waals surface area contributed by atoms with Gasteiger partial charge in [-0.15, -0.1) is 21.9 Å². The molecule has 10 nitrogen and oxygen atoms in total. The highest BCUT2D eigenvalue weighted by atomic mass is 32.2. The largest absolute Gasteiger partial charge is 0.493 e. The smallest absolute Gasteiger partial charge is 0.294 e. The van der Waals surface area contributed by atoms with Gasteiger partial charge in [0.2, 0.25) is 5.75 Å². The molecule has 3 aromatic carbocycles. The van der Waals surface area contributed by atoms with Crippen LogP contribution in [0.1, 0.15) is 39.5 Å². The number of carbonyl (C=O) groups excluding carboxylic acids is 1. The minimum Gasteiger partial charge on any atom is -0.493 e. The van der Waals surface area contributed by atoms with Crippen LogP contribution in [0.3, 0.4) is 0 Å². The summed E-state index contributed by atoms with van der Waals surface area (Å²) in [6.07, 6.45) is 2.62. The quantitative estimate of drug-likeness (QED) is 0.221. The van der Waals surface area contributed by atoms with E-state index in [2.05, 4.69) is 10.2 Å². The number of halogens is 1. The second-order valence-corrected chi connectivity index (χ2v) is 9.65. The first-order valence-electron chi connectivity index (χ1n) is 12.1. The zero-order chi connectivity index (χ0) is 29.0. The molecular weight excluding hydrogens is 543 g/mol. The lowest BCUT2D eigenvalue weighted by atomic mass is 9.95. The van der Waals surface area contributed by atoms with Gasteiger partial charge in [0.1, 0.15) is 12.4 Å². The van der Waals surface area contributed by atoms with Crippen LogP contribution in [0.2, 0.25) is 0 Å². The van der Waals surface area contributed by atoms with E-state index in [9.17, 15) is 19.7 Å². The van der Waals surface area contributed by atoms with Crippen LogP contribution in [0.4, 0.5) is 4.39 Å². The second-order valence-electron chi connectivity index (χ2n) is 8.80. The molecule has 1 aliphatic rings. The molecule has 0 aliphatic heterocycles. The van der Waals surface area contributed by atoms with Gasteiger partial charge >= 0.3 is 0 Å². The summed E-state index contributed by atoms with van der Waals surface area (Å²) in [6.45, 7) is -0.641. The van der Waals surface area contributed by atoms with Crippen LogP contribution in [-0.4, -0.2) is 38.6 Å². The molecule has 1 amide bonds. The van der Waals surface area contributed by atoms with E-state index in [4.69, 9.17) is 14.2 Å². The van der Waals surface area contributed by atoms with Crippen molar-refractivity contribution in [3.8, 4) is 28.4 Å². The number of methoxy groups -OCH3 is 3. The number of ether oxygens (including phenoxy) is 3. The number of nitrogens with zero attached hydrogens (tertiary/aromatic N) is 1. The molecule has 3 aromatic rings. The number of aryl methyl sites for hydroxylation is 1. The summed E-state index contributed by atoms with van der Waals surface area (Å²) in [4.78, 5) is 41.8. The Kier molecular flexibility index (Phi) is 8.78. The van der Waals surface area contributed by atoms with Gasteiger partial charge in [0, 0.05) is 11.1 Å². The first-order chi connectivity index (χ1) is 19.2. The summed E-state index contributed by atoms with van der Waals surface area (Å²) in [7, 11) is 4.53. The van der Waals surface area contributed by atoms with E-state index >= 15 is 4.39 Å². The average molecular weight is 571 g/mol. The Balaban J connectivity index is 1.85. The van der Waals surface area contributed by atoms with Gasteiger partial charge in [0.25, 0.3) is 11.0 Å². The van der Waals surface area contributed by atoms with Gasteiger partial charge in [-0.05, 0) is 60.1 Å². The monoisotopic (exact) mass is 570 g/mol. The lowest BCUT2D eigenvalue weighted by molar-refractivity contribution is -0.763. The maximum atomic E-state index is 15.1. The fourth-order valence-corrected chi connectivity index (χ4v) is 5.31. The zero-order valence-corrected chi connectivity index (χ0v) is 23.1. The highest BCUT2D eigenvalue weighted by Crippen LogP contribution is 2.50. The molecule has 1 aliphatic carbocycles. The predicted octanol–water partition coefficient (Wildman–Crippen LogP) is 4.73. The molecule has 1 atom stereocenters. The molecule has 0 bridgehead atoms. The zero-order valence-electron chi connectivity index (χ0n) is 22.2. The molecule has 12 heteroatoms. The van der Waals surface area contributed by atoms with E-state index < -0.39 is 29.5 Å². The number of fused-ring (bicyclic) bond motifs is 3. The van der Waals surface area contributed by atoms with Gasteiger partial charge in [-0.1, -0.05) is 18.2 Å². The SMILES string of the molecule is COc1cc2c(c(OC)c1OC)-c1ccc(SC)c(=O)cc1[C@@H](NC(=O)c1cccc(CO[N+](=O)[O-])c1F)CC2. The molecule has 0 saturated carbocycles. The van der Waals surface area contributed by atoms with Crippen LogP contribution < -0.4 is 25.0 Å². The number of rotatable bonds is 9. The van der Waals surface area contributed by atoms with Crippen LogP contribution in [0.15, 0.2) is 52.2 Å². The van der Waals surface area contributed by atoms with Crippen molar-refractivity contribution in [1.82, 2.24) is 5.32 Å². The number of amides is 1. The summed E-state index contributed by atoms with van der Waals surface area (Å²) >= 11 is 1.29. The van der Waals surface area contributed by atoms with Crippen LogP contribution >= 0.6 is 11.8 Å². The maximum Gasteiger partial charge on any atom is 0.294 e. The Bertz CT molecular complexity index is 1530.